The monoisotopic (exact) mass is 490 g/mol. The van der Waals surface area contributed by atoms with Crippen molar-refractivity contribution < 1.29 is 18.7 Å². The van der Waals surface area contributed by atoms with Crippen LogP contribution in [0.1, 0.15) is 44.4 Å². The molecule has 0 heterocycles. The van der Waals surface area contributed by atoms with E-state index in [1.807, 2.05) is 75.4 Å². The van der Waals surface area contributed by atoms with Gasteiger partial charge in [0.05, 0.1) is 0 Å². The minimum Gasteiger partial charge on any atom is -0.484 e. The summed E-state index contributed by atoms with van der Waals surface area (Å²) in [6, 6.07) is 22.4. The van der Waals surface area contributed by atoms with Gasteiger partial charge >= 0.3 is 0 Å². The first kappa shape index (κ1) is 26.9. The molecule has 3 aromatic rings. The molecule has 190 valence electrons. The van der Waals surface area contributed by atoms with Crippen LogP contribution < -0.4 is 10.1 Å². The topological polar surface area (TPSA) is 58.6 Å². The van der Waals surface area contributed by atoms with Gasteiger partial charge in [-0.25, -0.2) is 4.39 Å². The van der Waals surface area contributed by atoms with Crippen LogP contribution in [0.5, 0.6) is 5.75 Å². The lowest BCUT2D eigenvalue weighted by Crippen LogP contribution is -2.55. The van der Waals surface area contributed by atoms with Gasteiger partial charge in [0.15, 0.2) is 6.61 Å². The molecule has 1 atom stereocenters. The molecule has 3 rings (SSSR count). The fraction of sp³-hybridized carbons (Fsp3) is 0.333. The Morgan fingerprint density at radius 1 is 0.889 bits per heavy atom. The second-order valence-electron chi connectivity index (χ2n) is 9.88. The van der Waals surface area contributed by atoms with Gasteiger partial charge < -0.3 is 15.0 Å². The Morgan fingerprint density at radius 3 is 2.08 bits per heavy atom. The minimum absolute atomic E-state index is 0.145. The van der Waals surface area contributed by atoms with E-state index < -0.39 is 11.6 Å². The molecule has 0 fully saturated rings. The summed E-state index contributed by atoms with van der Waals surface area (Å²) in [4.78, 5) is 28.6. The van der Waals surface area contributed by atoms with Crippen molar-refractivity contribution in [3.63, 3.8) is 0 Å². The van der Waals surface area contributed by atoms with Crippen LogP contribution in [0.3, 0.4) is 0 Å². The number of carbonyl (C=O) groups excluding carboxylic acids is 2. The number of benzene rings is 3. The van der Waals surface area contributed by atoms with Gasteiger partial charge in [0.2, 0.25) is 5.91 Å². The molecule has 2 amide bonds. The van der Waals surface area contributed by atoms with E-state index in [0.29, 0.717) is 12.2 Å². The summed E-state index contributed by atoms with van der Waals surface area (Å²) in [6.07, 6.45) is 1.25. The van der Waals surface area contributed by atoms with E-state index in [-0.39, 0.29) is 30.8 Å². The number of hydrogen-bond donors (Lipinski definition) is 1. The maximum Gasteiger partial charge on any atom is 0.261 e. The number of nitrogens with zero attached hydrogens (tertiary/aromatic N) is 1. The number of carbonyl (C=O) groups is 2. The lowest BCUT2D eigenvalue weighted by molar-refractivity contribution is -0.143. The average molecular weight is 491 g/mol. The first-order chi connectivity index (χ1) is 17.1. The summed E-state index contributed by atoms with van der Waals surface area (Å²) in [7, 11) is 0. The van der Waals surface area contributed by atoms with Gasteiger partial charge in [-0.3, -0.25) is 9.59 Å². The van der Waals surface area contributed by atoms with Crippen LogP contribution in [-0.2, 0) is 29.0 Å². The lowest BCUT2D eigenvalue weighted by atomic mass is 10.0. The third-order valence-electron chi connectivity index (χ3n) is 5.73. The van der Waals surface area contributed by atoms with Gasteiger partial charge in [-0.2, -0.15) is 0 Å². The van der Waals surface area contributed by atoms with Crippen molar-refractivity contribution in [2.45, 2.75) is 58.7 Å². The Labute approximate surface area is 213 Å². The molecule has 0 saturated heterocycles. The minimum atomic E-state index is -0.782. The van der Waals surface area contributed by atoms with Gasteiger partial charge in [-0.15, -0.1) is 0 Å². The van der Waals surface area contributed by atoms with Gasteiger partial charge in [-0.1, -0.05) is 61.5 Å². The maximum atomic E-state index is 13.6. The van der Waals surface area contributed by atoms with Crippen LogP contribution in [0.25, 0.3) is 0 Å². The number of nitrogens with one attached hydrogen (secondary N) is 1. The first-order valence-corrected chi connectivity index (χ1v) is 12.3. The third kappa shape index (κ3) is 8.22. The Morgan fingerprint density at radius 2 is 1.50 bits per heavy atom. The quantitative estimate of drug-likeness (QED) is 0.418. The molecule has 0 bridgehead atoms. The highest BCUT2D eigenvalue weighted by atomic mass is 19.1. The average Bonchev–Trinajstić information content (AvgIpc) is 2.85. The molecule has 6 heteroatoms. The molecule has 5 nitrogen and oxygen atoms in total. The van der Waals surface area contributed by atoms with E-state index in [1.54, 1.807) is 12.1 Å². The second-order valence-corrected chi connectivity index (χ2v) is 9.88. The Balaban J connectivity index is 1.90. The third-order valence-corrected chi connectivity index (χ3v) is 5.73. The molecule has 0 aliphatic rings. The number of hydrogen-bond acceptors (Lipinski definition) is 3. The Bertz CT molecular complexity index is 1120. The summed E-state index contributed by atoms with van der Waals surface area (Å²) >= 11 is 0. The largest absolute Gasteiger partial charge is 0.484 e. The van der Waals surface area contributed by atoms with Crippen molar-refractivity contribution in [1.82, 2.24) is 10.2 Å². The van der Waals surface area contributed by atoms with E-state index in [9.17, 15) is 14.0 Å². The number of amides is 2. The molecular weight excluding hydrogens is 455 g/mol. The summed E-state index contributed by atoms with van der Waals surface area (Å²) in [6.45, 7) is 7.70. The SMILES string of the molecule is CCc1ccc(OCC(=O)N(Cc2ccc(F)cc2)[C@H](Cc2ccccc2)C(=O)NC(C)(C)C)cc1. The van der Waals surface area contributed by atoms with Crippen molar-refractivity contribution in [2.24, 2.45) is 0 Å². The van der Waals surface area contributed by atoms with Crippen molar-refractivity contribution in [3.05, 3.63) is 101 Å². The molecule has 0 aromatic heterocycles. The lowest BCUT2D eigenvalue weighted by Gasteiger charge is -2.33. The second kappa shape index (κ2) is 12.3. The maximum absolute atomic E-state index is 13.6. The molecule has 0 aliphatic heterocycles. The summed E-state index contributed by atoms with van der Waals surface area (Å²) in [5, 5.41) is 3.02. The van der Waals surface area contributed by atoms with Crippen LogP contribution >= 0.6 is 0 Å². The molecular formula is C30H35FN2O3. The molecule has 36 heavy (non-hydrogen) atoms. The molecule has 3 aromatic carbocycles. The van der Waals surface area contributed by atoms with Gasteiger partial charge in [-0.05, 0) is 68.1 Å². The van der Waals surface area contributed by atoms with E-state index >= 15 is 0 Å². The van der Waals surface area contributed by atoms with Crippen molar-refractivity contribution >= 4 is 11.8 Å². The van der Waals surface area contributed by atoms with E-state index in [0.717, 1.165) is 17.5 Å². The molecule has 0 aliphatic carbocycles. The standard InChI is InChI=1S/C30H35FN2O3/c1-5-22-13-17-26(18-14-22)36-21-28(34)33(20-24-11-15-25(31)16-12-24)27(29(35)32-30(2,3)4)19-23-9-7-6-8-10-23/h6-18,27H,5,19-21H2,1-4H3,(H,32,35)/t27-/m1/s1. The summed E-state index contributed by atoms with van der Waals surface area (Å²) in [5.41, 5.74) is 2.35. The number of rotatable bonds is 10. The van der Waals surface area contributed by atoms with Crippen molar-refractivity contribution in [1.29, 1.82) is 0 Å². The highest BCUT2D eigenvalue weighted by molar-refractivity contribution is 5.89. The smallest absolute Gasteiger partial charge is 0.261 e. The van der Waals surface area contributed by atoms with Crippen LogP contribution in [0.4, 0.5) is 4.39 Å². The fourth-order valence-corrected chi connectivity index (χ4v) is 3.84. The zero-order chi connectivity index (χ0) is 26.1. The number of ether oxygens (including phenoxy) is 1. The summed E-state index contributed by atoms with van der Waals surface area (Å²) < 4.78 is 19.3. The zero-order valence-electron chi connectivity index (χ0n) is 21.5. The highest BCUT2D eigenvalue weighted by Crippen LogP contribution is 2.18. The van der Waals surface area contributed by atoms with Crippen LogP contribution in [0, 0.1) is 5.82 Å². The van der Waals surface area contributed by atoms with E-state index in [4.69, 9.17) is 4.74 Å². The Hall–Kier alpha value is -3.67. The molecule has 0 saturated carbocycles. The van der Waals surface area contributed by atoms with Gasteiger partial charge in [0.25, 0.3) is 5.91 Å². The first-order valence-electron chi connectivity index (χ1n) is 12.3. The van der Waals surface area contributed by atoms with E-state index in [1.165, 1.54) is 22.6 Å². The normalized spacial score (nSPS) is 12.0. The summed E-state index contributed by atoms with van der Waals surface area (Å²) in [5.74, 6) is -0.360. The van der Waals surface area contributed by atoms with Crippen LogP contribution in [-0.4, -0.2) is 34.9 Å². The highest BCUT2D eigenvalue weighted by Gasteiger charge is 2.32. The van der Waals surface area contributed by atoms with Crippen LogP contribution in [0.2, 0.25) is 0 Å². The zero-order valence-corrected chi connectivity index (χ0v) is 21.5. The molecule has 1 N–H and O–H groups in total. The fourth-order valence-electron chi connectivity index (χ4n) is 3.84. The molecule has 0 radical (unpaired) electrons. The number of halogens is 1. The van der Waals surface area contributed by atoms with Crippen molar-refractivity contribution in [2.75, 3.05) is 6.61 Å². The van der Waals surface area contributed by atoms with Crippen LogP contribution in [0.15, 0.2) is 78.9 Å². The predicted molar refractivity (Wildman–Crippen MR) is 140 cm³/mol. The molecule has 0 unspecified atom stereocenters. The van der Waals surface area contributed by atoms with E-state index in [2.05, 4.69) is 12.2 Å². The van der Waals surface area contributed by atoms with Crippen molar-refractivity contribution in [3.8, 4) is 5.75 Å². The number of aryl methyl sites for hydroxylation is 1. The molecule has 0 spiro atoms. The van der Waals surface area contributed by atoms with Gasteiger partial charge in [0.1, 0.15) is 17.6 Å². The predicted octanol–water partition coefficient (Wildman–Crippen LogP) is 5.32. The Kier molecular flexibility index (Phi) is 9.23. The van der Waals surface area contributed by atoms with Gasteiger partial charge in [0, 0.05) is 18.5 Å².